The number of Topliss-reactive ketones (excluding diaryl/α,β-unsaturated/α-hetero) is 1. The van der Waals surface area contributed by atoms with E-state index in [-0.39, 0.29) is 17.7 Å². The maximum Gasteiger partial charge on any atom is 0.251 e. The predicted molar refractivity (Wildman–Crippen MR) is 89.1 cm³/mol. The van der Waals surface area contributed by atoms with Crippen molar-refractivity contribution in [3.63, 3.8) is 0 Å². The summed E-state index contributed by atoms with van der Waals surface area (Å²) < 4.78 is 0. The second kappa shape index (κ2) is 8.11. The monoisotopic (exact) mass is 301 g/mol. The van der Waals surface area contributed by atoms with E-state index in [2.05, 4.69) is 31.3 Å². The molecular formula is C19H27NO2. The number of amides is 1. The van der Waals surface area contributed by atoms with Crippen LogP contribution in [0.15, 0.2) is 24.3 Å². The lowest BCUT2D eigenvalue weighted by atomic mass is 9.91. The molecule has 0 spiro atoms. The number of rotatable bonds is 7. The highest BCUT2D eigenvalue weighted by atomic mass is 16.2. The standard InChI is InChI=1S/C19H27NO2/c1-3-5-7-14(4-2)15-10-12-16(13-11-15)19(22)20-17-8-6-9-18(17)21/h10-14,17H,3-9H2,1-2H3,(H,20,22)/t14?,17-/m1/s1. The molecule has 0 aliphatic heterocycles. The number of ketones is 1. The lowest BCUT2D eigenvalue weighted by molar-refractivity contribution is -0.118. The Bertz CT molecular complexity index is 507. The Morgan fingerprint density at radius 3 is 2.55 bits per heavy atom. The van der Waals surface area contributed by atoms with Gasteiger partial charge in [0.2, 0.25) is 0 Å². The molecule has 1 unspecified atom stereocenters. The Morgan fingerprint density at radius 2 is 2.00 bits per heavy atom. The number of carbonyl (C=O) groups is 2. The van der Waals surface area contributed by atoms with Gasteiger partial charge in [0.1, 0.15) is 0 Å². The zero-order valence-electron chi connectivity index (χ0n) is 13.7. The molecule has 3 heteroatoms. The molecule has 3 nitrogen and oxygen atoms in total. The van der Waals surface area contributed by atoms with Gasteiger partial charge in [-0.2, -0.15) is 0 Å². The number of carbonyl (C=O) groups excluding carboxylic acids is 2. The van der Waals surface area contributed by atoms with E-state index in [0.29, 0.717) is 17.9 Å². The molecule has 1 N–H and O–H groups in total. The van der Waals surface area contributed by atoms with Crippen LogP contribution in [-0.4, -0.2) is 17.7 Å². The Hall–Kier alpha value is -1.64. The van der Waals surface area contributed by atoms with E-state index in [1.165, 1.54) is 24.8 Å². The highest BCUT2D eigenvalue weighted by molar-refractivity contribution is 5.98. The first kappa shape index (κ1) is 16.7. The van der Waals surface area contributed by atoms with Gasteiger partial charge in [-0.3, -0.25) is 9.59 Å². The Morgan fingerprint density at radius 1 is 1.27 bits per heavy atom. The van der Waals surface area contributed by atoms with Crippen LogP contribution in [0.2, 0.25) is 0 Å². The van der Waals surface area contributed by atoms with Gasteiger partial charge < -0.3 is 5.32 Å². The molecule has 0 radical (unpaired) electrons. The van der Waals surface area contributed by atoms with Gasteiger partial charge in [-0.15, -0.1) is 0 Å². The highest BCUT2D eigenvalue weighted by Crippen LogP contribution is 2.25. The largest absolute Gasteiger partial charge is 0.342 e. The van der Waals surface area contributed by atoms with Crippen molar-refractivity contribution in [3.8, 4) is 0 Å². The van der Waals surface area contributed by atoms with E-state index in [1.54, 1.807) is 0 Å². The van der Waals surface area contributed by atoms with Crippen molar-refractivity contribution in [1.29, 1.82) is 0 Å². The smallest absolute Gasteiger partial charge is 0.251 e. The Balaban J connectivity index is 1.98. The van der Waals surface area contributed by atoms with Crippen molar-refractivity contribution in [1.82, 2.24) is 5.32 Å². The van der Waals surface area contributed by atoms with Crippen molar-refractivity contribution < 1.29 is 9.59 Å². The molecule has 1 aromatic rings. The van der Waals surface area contributed by atoms with Gasteiger partial charge in [0, 0.05) is 12.0 Å². The molecule has 1 saturated carbocycles. The first-order valence-electron chi connectivity index (χ1n) is 8.59. The van der Waals surface area contributed by atoms with Crippen molar-refractivity contribution in [2.24, 2.45) is 0 Å². The summed E-state index contributed by atoms with van der Waals surface area (Å²) in [6.45, 7) is 4.43. The maximum atomic E-state index is 12.2. The summed E-state index contributed by atoms with van der Waals surface area (Å²) in [5, 5.41) is 2.85. The summed E-state index contributed by atoms with van der Waals surface area (Å²) in [5.74, 6) is 0.609. The van der Waals surface area contributed by atoms with Crippen LogP contribution in [0.4, 0.5) is 0 Å². The molecule has 120 valence electrons. The van der Waals surface area contributed by atoms with Gasteiger partial charge in [-0.05, 0) is 49.3 Å². The summed E-state index contributed by atoms with van der Waals surface area (Å²) in [4.78, 5) is 23.8. The normalized spacial score (nSPS) is 19.2. The zero-order chi connectivity index (χ0) is 15.9. The third-order valence-corrected chi connectivity index (χ3v) is 4.65. The zero-order valence-corrected chi connectivity index (χ0v) is 13.7. The molecule has 0 aromatic heterocycles. The fraction of sp³-hybridized carbons (Fsp3) is 0.579. The SMILES string of the molecule is CCCCC(CC)c1ccc(C(=O)N[C@@H]2CCCC2=O)cc1. The fourth-order valence-electron chi connectivity index (χ4n) is 3.17. The molecule has 1 aliphatic rings. The third-order valence-electron chi connectivity index (χ3n) is 4.65. The first-order chi connectivity index (χ1) is 10.7. The lowest BCUT2D eigenvalue weighted by Gasteiger charge is -2.16. The number of nitrogens with one attached hydrogen (secondary N) is 1. The van der Waals surface area contributed by atoms with E-state index >= 15 is 0 Å². The number of unbranched alkanes of at least 4 members (excludes halogenated alkanes) is 1. The predicted octanol–water partition coefficient (Wildman–Crippen LogP) is 4.22. The summed E-state index contributed by atoms with van der Waals surface area (Å²) >= 11 is 0. The van der Waals surface area contributed by atoms with Crippen molar-refractivity contribution in [3.05, 3.63) is 35.4 Å². The van der Waals surface area contributed by atoms with E-state index in [0.717, 1.165) is 19.3 Å². The molecule has 0 saturated heterocycles. The Kier molecular flexibility index (Phi) is 6.17. The van der Waals surface area contributed by atoms with Crippen molar-refractivity contribution in [2.75, 3.05) is 0 Å². The van der Waals surface area contributed by atoms with Crippen molar-refractivity contribution in [2.45, 2.75) is 70.8 Å². The molecular weight excluding hydrogens is 274 g/mol. The summed E-state index contributed by atoms with van der Waals surface area (Å²) in [6.07, 6.45) is 7.05. The van der Waals surface area contributed by atoms with Crippen LogP contribution in [0.5, 0.6) is 0 Å². The minimum absolute atomic E-state index is 0.131. The number of benzene rings is 1. The van der Waals surface area contributed by atoms with Crippen molar-refractivity contribution >= 4 is 11.7 Å². The average molecular weight is 301 g/mol. The fourth-order valence-corrected chi connectivity index (χ4v) is 3.17. The van der Waals surface area contributed by atoms with E-state index in [9.17, 15) is 9.59 Å². The van der Waals surface area contributed by atoms with Gasteiger partial charge in [0.15, 0.2) is 5.78 Å². The second-order valence-corrected chi connectivity index (χ2v) is 6.25. The van der Waals surface area contributed by atoms with Crippen LogP contribution < -0.4 is 5.32 Å². The average Bonchev–Trinajstić information content (AvgIpc) is 2.94. The van der Waals surface area contributed by atoms with E-state index in [1.807, 2.05) is 12.1 Å². The lowest BCUT2D eigenvalue weighted by Crippen LogP contribution is -2.37. The molecule has 1 fully saturated rings. The molecule has 1 amide bonds. The van der Waals surface area contributed by atoms with Gasteiger partial charge in [0.05, 0.1) is 6.04 Å². The maximum absolute atomic E-state index is 12.2. The molecule has 22 heavy (non-hydrogen) atoms. The van der Waals surface area contributed by atoms with Crippen LogP contribution in [-0.2, 0) is 4.79 Å². The quantitative estimate of drug-likeness (QED) is 0.819. The topological polar surface area (TPSA) is 46.2 Å². The Labute approximate surface area is 133 Å². The molecule has 1 aromatic carbocycles. The van der Waals surface area contributed by atoms with Crippen LogP contribution in [0, 0.1) is 0 Å². The second-order valence-electron chi connectivity index (χ2n) is 6.25. The van der Waals surface area contributed by atoms with Gasteiger partial charge in [-0.25, -0.2) is 0 Å². The molecule has 0 heterocycles. The summed E-state index contributed by atoms with van der Waals surface area (Å²) in [5.41, 5.74) is 1.96. The van der Waals surface area contributed by atoms with E-state index in [4.69, 9.17) is 0 Å². The van der Waals surface area contributed by atoms with Gasteiger partial charge >= 0.3 is 0 Å². The highest BCUT2D eigenvalue weighted by Gasteiger charge is 2.26. The summed E-state index contributed by atoms with van der Waals surface area (Å²) in [7, 11) is 0. The summed E-state index contributed by atoms with van der Waals surface area (Å²) in [6, 6.07) is 7.63. The van der Waals surface area contributed by atoms with E-state index < -0.39 is 0 Å². The minimum Gasteiger partial charge on any atom is -0.342 e. The number of hydrogen-bond acceptors (Lipinski definition) is 2. The molecule has 2 atom stereocenters. The minimum atomic E-state index is -0.278. The van der Waals surface area contributed by atoms with Crippen LogP contribution in [0.25, 0.3) is 0 Å². The number of hydrogen-bond donors (Lipinski definition) is 1. The van der Waals surface area contributed by atoms with Gasteiger partial charge in [0.25, 0.3) is 5.91 Å². The first-order valence-corrected chi connectivity index (χ1v) is 8.59. The van der Waals surface area contributed by atoms with Gasteiger partial charge in [-0.1, -0.05) is 38.8 Å². The third kappa shape index (κ3) is 4.19. The molecule has 2 rings (SSSR count). The van der Waals surface area contributed by atoms with Crippen LogP contribution >= 0.6 is 0 Å². The van der Waals surface area contributed by atoms with Crippen LogP contribution in [0.3, 0.4) is 0 Å². The van der Waals surface area contributed by atoms with Crippen LogP contribution in [0.1, 0.15) is 80.6 Å². The molecule has 1 aliphatic carbocycles. The molecule has 0 bridgehead atoms.